The Bertz CT molecular complexity index is 353. The van der Waals surface area contributed by atoms with Gasteiger partial charge in [0.25, 0.3) is 0 Å². The van der Waals surface area contributed by atoms with Gasteiger partial charge in [0.2, 0.25) is 0 Å². The van der Waals surface area contributed by atoms with E-state index in [0.29, 0.717) is 0 Å². The average molecular weight is 176 g/mol. The van der Waals surface area contributed by atoms with Crippen LogP contribution in [0, 0.1) is 13.8 Å². The van der Waals surface area contributed by atoms with Crippen molar-refractivity contribution < 1.29 is 0 Å². The van der Waals surface area contributed by atoms with Gasteiger partial charge in [-0.1, -0.05) is 24.3 Å². The molecule has 1 aliphatic carbocycles. The van der Waals surface area contributed by atoms with E-state index in [1.54, 1.807) is 5.30 Å². The van der Waals surface area contributed by atoms with Crippen molar-refractivity contribution in [2.45, 2.75) is 20.3 Å². The maximum Gasteiger partial charge on any atom is -0.00237 e. The van der Waals surface area contributed by atoms with Gasteiger partial charge in [0, 0.05) is 0 Å². The summed E-state index contributed by atoms with van der Waals surface area (Å²) in [6.45, 7) is 4.44. The second-order valence-electron chi connectivity index (χ2n) is 3.33. The van der Waals surface area contributed by atoms with Crippen LogP contribution in [0.15, 0.2) is 24.3 Å². The summed E-state index contributed by atoms with van der Waals surface area (Å²) >= 11 is 0. The lowest BCUT2D eigenvalue weighted by Gasteiger charge is -1.99. The predicted molar refractivity (Wildman–Crippen MR) is 57.2 cm³/mol. The first-order valence-corrected chi connectivity index (χ1v) is 5.29. The molecule has 12 heavy (non-hydrogen) atoms. The number of hydrogen-bond donors (Lipinski definition) is 0. The van der Waals surface area contributed by atoms with Gasteiger partial charge in [0.15, 0.2) is 0 Å². The molecular formula is C11H13P. The van der Waals surface area contributed by atoms with Crippen molar-refractivity contribution in [1.29, 1.82) is 0 Å². The molecule has 0 amide bonds. The standard InChI is InChI=1S/C11H13P/c1-8-7-9(2)12-11(8)10-5-3-4-6-10/h3-5,7,12H,6H2,1-2H3. The lowest BCUT2D eigenvalue weighted by molar-refractivity contribution is 1.42. The van der Waals surface area contributed by atoms with Crippen LogP contribution in [-0.4, -0.2) is 0 Å². The highest BCUT2D eigenvalue weighted by Gasteiger charge is 2.07. The summed E-state index contributed by atoms with van der Waals surface area (Å²) in [5.41, 5.74) is 3.00. The van der Waals surface area contributed by atoms with E-state index < -0.39 is 0 Å². The zero-order valence-corrected chi connectivity index (χ0v) is 8.52. The first-order valence-electron chi connectivity index (χ1n) is 4.29. The molecule has 1 heterocycles. The minimum atomic E-state index is 0.920. The van der Waals surface area contributed by atoms with Crippen molar-refractivity contribution >= 4 is 13.8 Å². The second-order valence-corrected chi connectivity index (χ2v) is 4.87. The zero-order valence-electron chi connectivity index (χ0n) is 7.52. The van der Waals surface area contributed by atoms with E-state index in [4.69, 9.17) is 0 Å². The van der Waals surface area contributed by atoms with Crippen LogP contribution in [0.4, 0.5) is 0 Å². The van der Waals surface area contributed by atoms with E-state index in [1.165, 1.54) is 16.4 Å². The topological polar surface area (TPSA) is 0 Å². The van der Waals surface area contributed by atoms with Gasteiger partial charge < -0.3 is 0 Å². The molecule has 1 aliphatic rings. The van der Waals surface area contributed by atoms with Crippen LogP contribution >= 0.6 is 8.19 Å². The third-order valence-electron chi connectivity index (χ3n) is 2.24. The van der Waals surface area contributed by atoms with Crippen LogP contribution < -0.4 is 0 Å². The van der Waals surface area contributed by atoms with Crippen molar-refractivity contribution in [2.24, 2.45) is 0 Å². The number of allylic oxidation sites excluding steroid dienone is 4. The fourth-order valence-corrected chi connectivity index (χ4v) is 2.99. The Balaban J connectivity index is 2.40. The fraction of sp³-hybridized carbons (Fsp3) is 0.273. The maximum absolute atomic E-state index is 2.31. The molecule has 0 bridgehead atoms. The lowest BCUT2D eigenvalue weighted by atomic mass is 10.1. The largest absolute Gasteiger partial charge is 0.129 e. The molecule has 0 spiro atoms. The monoisotopic (exact) mass is 176 g/mol. The highest BCUT2D eigenvalue weighted by molar-refractivity contribution is 7.33. The molecular weight excluding hydrogens is 163 g/mol. The van der Waals surface area contributed by atoms with Crippen LogP contribution in [0.25, 0.3) is 5.57 Å². The van der Waals surface area contributed by atoms with Gasteiger partial charge in [-0.05, 0) is 42.0 Å². The number of hydrogen-bond acceptors (Lipinski definition) is 0. The molecule has 0 N–H and O–H groups in total. The third-order valence-corrected chi connectivity index (χ3v) is 3.75. The fourth-order valence-electron chi connectivity index (χ4n) is 1.69. The summed E-state index contributed by atoms with van der Waals surface area (Å²) in [6.07, 6.45) is 7.78. The SMILES string of the molecule is Cc1cc(C)c(C2=CC=CC2)[pH]1. The average Bonchev–Trinajstić information content (AvgIpc) is 2.58. The Kier molecular flexibility index (Phi) is 1.94. The van der Waals surface area contributed by atoms with Crippen LogP contribution in [-0.2, 0) is 0 Å². The predicted octanol–water partition coefficient (Wildman–Crippen LogP) is 3.68. The quantitative estimate of drug-likeness (QED) is 0.612. The van der Waals surface area contributed by atoms with Crippen molar-refractivity contribution in [1.82, 2.24) is 0 Å². The Morgan fingerprint density at radius 1 is 1.33 bits per heavy atom. The Morgan fingerprint density at radius 2 is 2.17 bits per heavy atom. The molecule has 0 radical (unpaired) electrons. The minimum absolute atomic E-state index is 0.920. The lowest BCUT2D eigenvalue weighted by Crippen LogP contribution is -1.76. The highest BCUT2D eigenvalue weighted by atomic mass is 31.0. The molecule has 62 valence electrons. The normalized spacial score (nSPS) is 16.0. The van der Waals surface area contributed by atoms with E-state index in [0.717, 1.165) is 14.6 Å². The van der Waals surface area contributed by atoms with Gasteiger partial charge in [-0.3, -0.25) is 0 Å². The van der Waals surface area contributed by atoms with Crippen molar-refractivity contribution in [2.75, 3.05) is 0 Å². The van der Waals surface area contributed by atoms with Gasteiger partial charge in [0.1, 0.15) is 0 Å². The van der Waals surface area contributed by atoms with Crippen LogP contribution in [0.5, 0.6) is 0 Å². The van der Waals surface area contributed by atoms with E-state index >= 15 is 0 Å². The molecule has 1 atom stereocenters. The molecule has 0 nitrogen and oxygen atoms in total. The molecule has 1 unspecified atom stereocenters. The van der Waals surface area contributed by atoms with E-state index in [1.807, 2.05) is 0 Å². The molecule has 1 aromatic heterocycles. The third kappa shape index (κ3) is 1.28. The second kappa shape index (κ2) is 2.95. The Hall–Kier alpha value is -0.740. The van der Waals surface area contributed by atoms with Gasteiger partial charge in [-0.2, -0.15) is 0 Å². The summed E-state index contributed by atoms with van der Waals surface area (Å²) < 4.78 is 0. The van der Waals surface area contributed by atoms with Gasteiger partial charge in [-0.25, -0.2) is 0 Å². The van der Waals surface area contributed by atoms with E-state index in [9.17, 15) is 0 Å². The van der Waals surface area contributed by atoms with E-state index in [-0.39, 0.29) is 0 Å². The summed E-state index contributed by atoms with van der Waals surface area (Å²) in [5, 5.41) is 3.10. The molecule has 2 rings (SSSR count). The van der Waals surface area contributed by atoms with Crippen molar-refractivity contribution in [3.8, 4) is 0 Å². The summed E-state index contributed by atoms with van der Waals surface area (Å²) in [6, 6.07) is 2.31. The minimum Gasteiger partial charge on any atom is -0.129 e. The summed E-state index contributed by atoms with van der Waals surface area (Å²) in [4.78, 5) is 0. The van der Waals surface area contributed by atoms with Crippen LogP contribution in [0.1, 0.15) is 22.6 Å². The number of rotatable bonds is 1. The molecule has 0 aliphatic heterocycles. The molecule has 1 heteroatoms. The number of aryl methyl sites for hydroxylation is 2. The summed E-state index contributed by atoms with van der Waals surface area (Å²) in [5.74, 6) is 0. The molecule has 1 aromatic rings. The first kappa shape index (κ1) is 7.89. The van der Waals surface area contributed by atoms with Gasteiger partial charge in [0.05, 0.1) is 0 Å². The smallest absolute Gasteiger partial charge is 0.00237 e. The Morgan fingerprint density at radius 3 is 2.67 bits per heavy atom. The molecule has 0 saturated carbocycles. The Labute approximate surface area is 75.1 Å². The van der Waals surface area contributed by atoms with Crippen LogP contribution in [0.3, 0.4) is 0 Å². The van der Waals surface area contributed by atoms with Crippen LogP contribution in [0.2, 0.25) is 0 Å². The van der Waals surface area contributed by atoms with Gasteiger partial charge in [-0.15, -0.1) is 8.19 Å². The molecule has 0 aromatic carbocycles. The molecule has 0 saturated heterocycles. The van der Waals surface area contributed by atoms with Crippen molar-refractivity contribution in [3.05, 3.63) is 40.4 Å². The highest BCUT2D eigenvalue weighted by Crippen LogP contribution is 2.35. The molecule has 0 fully saturated rings. The zero-order chi connectivity index (χ0) is 8.55. The van der Waals surface area contributed by atoms with E-state index in [2.05, 4.69) is 38.1 Å². The summed E-state index contributed by atoms with van der Waals surface area (Å²) in [7, 11) is 0.920. The van der Waals surface area contributed by atoms with Gasteiger partial charge >= 0.3 is 0 Å². The first-order chi connectivity index (χ1) is 5.77. The maximum atomic E-state index is 2.31. The van der Waals surface area contributed by atoms with Crippen molar-refractivity contribution in [3.63, 3.8) is 0 Å².